The number of ether oxygens (including phenoxy) is 1. The number of nitrogens with one attached hydrogen (secondary N) is 1. The van der Waals surface area contributed by atoms with Gasteiger partial charge in [0, 0.05) is 11.4 Å². The third-order valence-electron chi connectivity index (χ3n) is 9.01. The molecule has 0 spiro atoms. The number of hydrogen-bond acceptors (Lipinski definition) is 2. The minimum atomic E-state index is 0.444. The summed E-state index contributed by atoms with van der Waals surface area (Å²) in [6.45, 7) is 4.69. The quantitative estimate of drug-likeness (QED) is 0.128. The van der Waals surface area contributed by atoms with Gasteiger partial charge in [-0.15, -0.1) is 0 Å². The van der Waals surface area contributed by atoms with Gasteiger partial charge in [-0.2, -0.15) is 0 Å². The number of allylic oxidation sites excluding steroid dienone is 1. The van der Waals surface area contributed by atoms with E-state index < -0.39 is 0 Å². The summed E-state index contributed by atoms with van der Waals surface area (Å²) in [6.07, 6.45) is 2.27. The van der Waals surface area contributed by atoms with Gasteiger partial charge in [-0.05, 0) is 140 Å². The molecule has 252 valence electrons. The highest BCUT2D eigenvalue weighted by Gasteiger charge is 2.22. The molecule has 1 aliphatic rings. The molecule has 52 heavy (non-hydrogen) atoms. The molecule has 0 aromatic heterocycles. The van der Waals surface area contributed by atoms with Crippen LogP contribution in [0, 0.1) is 0 Å². The predicted molar refractivity (Wildman–Crippen MR) is 227 cm³/mol. The maximum absolute atomic E-state index is 6.22. The first-order valence-electron chi connectivity index (χ1n) is 17.6. The summed E-state index contributed by atoms with van der Waals surface area (Å²) in [5, 5.41) is 8.75. The van der Waals surface area contributed by atoms with E-state index in [2.05, 4.69) is 139 Å². The first-order valence-corrected chi connectivity index (χ1v) is 19.6. The van der Waals surface area contributed by atoms with Gasteiger partial charge in [0.1, 0.15) is 11.5 Å². The van der Waals surface area contributed by atoms with Crippen molar-refractivity contribution in [3.63, 3.8) is 0 Å². The average molecular weight is 708 g/mol. The van der Waals surface area contributed by atoms with Gasteiger partial charge in [-0.3, -0.25) is 0 Å². The first kappa shape index (κ1) is 33.6. The van der Waals surface area contributed by atoms with E-state index in [1.54, 1.807) is 0 Å². The van der Waals surface area contributed by atoms with Gasteiger partial charge in [0.2, 0.25) is 0 Å². The van der Waals surface area contributed by atoms with Crippen LogP contribution in [0.5, 0.6) is 11.5 Å². The highest BCUT2D eigenvalue weighted by Crippen LogP contribution is 2.41. The molecule has 0 aliphatic heterocycles. The molecule has 1 aliphatic carbocycles. The van der Waals surface area contributed by atoms with Crippen molar-refractivity contribution < 1.29 is 4.74 Å². The Kier molecular flexibility index (Phi) is 10.2. The fourth-order valence-electron chi connectivity index (χ4n) is 6.41. The molecule has 7 aromatic carbocycles. The number of rotatable bonds is 12. The molecule has 1 saturated carbocycles. The zero-order valence-electron chi connectivity index (χ0n) is 28.9. The van der Waals surface area contributed by atoms with Gasteiger partial charge in [0.25, 0.3) is 0 Å². The summed E-state index contributed by atoms with van der Waals surface area (Å²) in [5.41, 5.74) is 10.8. The third kappa shape index (κ3) is 8.50. The number of para-hydroxylation sites is 2. The van der Waals surface area contributed by atoms with E-state index in [4.69, 9.17) is 4.74 Å². The second-order valence-electron chi connectivity index (χ2n) is 13.0. The molecule has 1 N–H and O–H groups in total. The van der Waals surface area contributed by atoms with Crippen molar-refractivity contribution in [1.29, 1.82) is 0 Å². The Morgan fingerprint density at radius 1 is 0.442 bits per heavy atom. The van der Waals surface area contributed by atoms with E-state index in [9.17, 15) is 0 Å². The Bertz CT molecular complexity index is 2360. The van der Waals surface area contributed by atoms with Crippen LogP contribution in [-0.4, -0.2) is 0 Å². The Balaban J connectivity index is 1.16. The number of hydrogen-bond donors (Lipinski definition) is 1. The highest BCUT2D eigenvalue weighted by molar-refractivity contribution is 7.55. The van der Waals surface area contributed by atoms with Crippen LogP contribution < -0.4 is 31.3 Å². The van der Waals surface area contributed by atoms with Crippen molar-refractivity contribution in [3.8, 4) is 11.5 Å². The number of anilines is 2. The summed E-state index contributed by atoms with van der Waals surface area (Å²) in [4.78, 5) is 0. The monoisotopic (exact) mass is 707 g/mol. The fourth-order valence-corrected chi connectivity index (χ4v) is 8.70. The molecule has 8 rings (SSSR count). The van der Waals surface area contributed by atoms with Crippen molar-refractivity contribution in [2.45, 2.75) is 12.8 Å². The largest absolute Gasteiger partial charge is 0.457 e. The topological polar surface area (TPSA) is 21.3 Å². The molecular formula is C48H39NOP2. The second kappa shape index (κ2) is 15.8. The van der Waals surface area contributed by atoms with Crippen LogP contribution in [0.15, 0.2) is 194 Å². The van der Waals surface area contributed by atoms with Crippen molar-refractivity contribution >= 4 is 60.9 Å². The lowest BCUT2D eigenvalue weighted by molar-refractivity contribution is 0.483. The SMILES string of the molecule is C=C(c1cccc(Nc2ccccc2)c1)c1cc(Pc2cccc(Oc3ccccc3)c2)cc(C(=C2CC2)c2cccc(Pc3ccccc3)c2)c1. The van der Waals surface area contributed by atoms with Gasteiger partial charge in [-0.25, -0.2) is 0 Å². The van der Waals surface area contributed by atoms with Gasteiger partial charge < -0.3 is 10.1 Å². The van der Waals surface area contributed by atoms with Crippen molar-refractivity contribution in [2.24, 2.45) is 0 Å². The highest BCUT2D eigenvalue weighted by atomic mass is 31.1. The lowest BCUT2D eigenvalue weighted by atomic mass is 9.92. The van der Waals surface area contributed by atoms with Crippen LogP contribution in [0.2, 0.25) is 0 Å². The van der Waals surface area contributed by atoms with Gasteiger partial charge in [0.15, 0.2) is 0 Å². The third-order valence-corrected chi connectivity index (χ3v) is 11.4. The summed E-state index contributed by atoms with van der Waals surface area (Å²) >= 11 is 0. The summed E-state index contributed by atoms with van der Waals surface area (Å²) in [6, 6.07) is 64.4. The summed E-state index contributed by atoms with van der Waals surface area (Å²) in [5.74, 6) is 1.68. The summed E-state index contributed by atoms with van der Waals surface area (Å²) in [7, 11) is 1.06. The molecule has 0 bridgehead atoms. The second-order valence-corrected chi connectivity index (χ2v) is 15.8. The van der Waals surface area contributed by atoms with Crippen LogP contribution in [0.4, 0.5) is 11.4 Å². The van der Waals surface area contributed by atoms with Crippen molar-refractivity contribution in [1.82, 2.24) is 0 Å². The van der Waals surface area contributed by atoms with E-state index in [1.165, 1.54) is 43.5 Å². The van der Waals surface area contributed by atoms with Crippen LogP contribution in [0.3, 0.4) is 0 Å². The maximum Gasteiger partial charge on any atom is 0.128 e. The van der Waals surface area contributed by atoms with Gasteiger partial charge in [-0.1, -0.05) is 139 Å². The summed E-state index contributed by atoms with van der Waals surface area (Å²) < 4.78 is 6.22. The maximum atomic E-state index is 6.22. The molecule has 7 aromatic rings. The Hall–Kier alpha value is -5.52. The molecule has 0 radical (unpaired) electrons. The van der Waals surface area contributed by atoms with E-state index >= 15 is 0 Å². The van der Waals surface area contributed by atoms with Crippen LogP contribution in [-0.2, 0) is 0 Å². The smallest absolute Gasteiger partial charge is 0.128 e. The van der Waals surface area contributed by atoms with E-state index in [1.807, 2.05) is 54.6 Å². The minimum absolute atomic E-state index is 0.444. The minimum Gasteiger partial charge on any atom is -0.457 e. The number of benzene rings is 7. The van der Waals surface area contributed by atoms with Gasteiger partial charge >= 0.3 is 0 Å². The lowest BCUT2D eigenvalue weighted by Gasteiger charge is -2.17. The van der Waals surface area contributed by atoms with Crippen LogP contribution in [0.25, 0.3) is 11.1 Å². The van der Waals surface area contributed by atoms with E-state index in [-0.39, 0.29) is 0 Å². The zero-order valence-corrected chi connectivity index (χ0v) is 30.9. The van der Waals surface area contributed by atoms with Crippen molar-refractivity contribution in [3.05, 3.63) is 216 Å². The fraction of sp³-hybridized carbons (Fsp3) is 0.0417. The van der Waals surface area contributed by atoms with E-state index in [0.717, 1.165) is 52.4 Å². The molecule has 2 atom stereocenters. The molecule has 0 amide bonds. The normalized spacial score (nSPS) is 12.3. The molecule has 4 heteroatoms. The molecule has 0 heterocycles. The molecule has 0 saturated heterocycles. The first-order chi connectivity index (χ1) is 25.6. The van der Waals surface area contributed by atoms with E-state index in [0.29, 0.717) is 17.2 Å². The Labute approximate surface area is 310 Å². The molecule has 2 nitrogen and oxygen atoms in total. The van der Waals surface area contributed by atoms with Crippen LogP contribution in [0.1, 0.15) is 35.1 Å². The molecule has 2 unspecified atom stereocenters. The molecular weight excluding hydrogens is 668 g/mol. The van der Waals surface area contributed by atoms with Crippen molar-refractivity contribution in [2.75, 3.05) is 5.32 Å². The Morgan fingerprint density at radius 3 is 1.77 bits per heavy atom. The van der Waals surface area contributed by atoms with Crippen LogP contribution >= 0.6 is 17.2 Å². The standard InChI is InChI=1S/C48H39NOP2/c1-34(36-14-11-18-41(29-36)49-40-16-5-2-6-17-40)38-28-39(32-47(31-38)52-46-25-13-21-43(33-46)50-42-19-7-3-8-20-42)48(35-26-27-35)37-15-12-24-45(30-37)51-44-22-9-4-10-23-44/h2-25,28-33,49,51-52H,1,26-27H2. The lowest BCUT2D eigenvalue weighted by Crippen LogP contribution is -2.08. The van der Waals surface area contributed by atoms with Gasteiger partial charge in [0.05, 0.1) is 0 Å². The molecule has 1 fully saturated rings. The predicted octanol–water partition coefficient (Wildman–Crippen LogP) is 11.1. The average Bonchev–Trinajstić information content (AvgIpc) is 4.02. The Morgan fingerprint density at radius 2 is 1.00 bits per heavy atom. The zero-order chi connectivity index (χ0) is 35.1.